The minimum atomic E-state index is -0.407. The zero-order chi connectivity index (χ0) is 17.0. The van der Waals surface area contributed by atoms with Gasteiger partial charge in [-0.15, -0.1) is 0 Å². The summed E-state index contributed by atoms with van der Waals surface area (Å²) in [6.45, 7) is 1.75. The second kappa shape index (κ2) is 7.68. The molecule has 0 aliphatic heterocycles. The summed E-state index contributed by atoms with van der Waals surface area (Å²) in [6.07, 6.45) is 0.353. The summed E-state index contributed by atoms with van der Waals surface area (Å²) < 4.78 is 0. The average Bonchev–Trinajstić information content (AvgIpc) is 2.49. The molecular weight excluding hydrogens is 359 g/mol. The Morgan fingerprint density at radius 3 is 2.22 bits per heavy atom. The molecule has 0 aliphatic carbocycles. The molecule has 0 unspecified atom stereocenters. The molecule has 4 nitrogen and oxygen atoms in total. The molecule has 2 aromatic carbocycles. The zero-order valence-corrected chi connectivity index (χ0v) is 14.4. The van der Waals surface area contributed by atoms with E-state index in [2.05, 4.69) is 10.6 Å². The first-order valence-corrected chi connectivity index (χ1v) is 7.89. The van der Waals surface area contributed by atoms with Gasteiger partial charge >= 0.3 is 0 Å². The first-order valence-electron chi connectivity index (χ1n) is 6.76. The summed E-state index contributed by atoms with van der Waals surface area (Å²) in [5.74, 6) is -0.540. The van der Waals surface area contributed by atoms with Crippen LogP contribution in [-0.4, -0.2) is 11.8 Å². The highest BCUT2D eigenvalue weighted by molar-refractivity contribution is 6.36. The Hall–Kier alpha value is -1.75. The van der Waals surface area contributed by atoms with Crippen molar-refractivity contribution in [2.75, 3.05) is 10.6 Å². The number of rotatable bonds is 4. The summed E-state index contributed by atoms with van der Waals surface area (Å²) in [5.41, 5.74) is 1.23. The Balaban J connectivity index is 2.23. The van der Waals surface area contributed by atoms with Gasteiger partial charge < -0.3 is 10.6 Å². The van der Waals surface area contributed by atoms with E-state index >= 15 is 0 Å². The Morgan fingerprint density at radius 1 is 0.957 bits per heavy atom. The van der Waals surface area contributed by atoms with Gasteiger partial charge in [-0.05, 0) is 36.4 Å². The molecule has 0 spiro atoms. The Kier molecular flexibility index (Phi) is 5.88. The van der Waals surface area contributed by atoms with Gasteiger partial charge in [-0.2, -0.15) is 0 Å². The van der Waals surface area contributed by atoms with Gasteiger partial charge in [0.1, 0.15) is 0 Å². The van der Waals surface area contributed by atoms with Crippen molar-refractivity contribution in [3.05, 3.63) is 57.0 Å². The van der Waals surface area contributed by atoms with Crippen LogP contribution in [0.5, 0.6) is 0 Å². The van der Waals surface area contributed by atoms with Crippen LogP contribution in [0.3, 0.4) is 0 Å². The van der Waals surface area contributed by atoms with E-state index in [-0.39, 0.29) is 5.91 Å². The summed E-state index contributed by atoms with van der Waals surface area (Å²) in [5, 5.41) is 6.44. The van der Waals surface area contributed by atoms with Crippen LogP contribution < -0.4 is 10.6 Å². The first kappa shape index (κ1) is 17.6. The van der Waals surface area contributed by atoms with Crippen LogP contribution >= 0.6 is 34.8 Å². The molecule has 0 fully saturated rings. The Morgan fingerprint density at radius 2 is 1.61 bits per heavy atom. The molecule has 2 rings (SSSR count). The highest BCUT2D eigenvalue weighted by atomic mass is 35.5. The highest BCUT2D eigenvalue weighted by Gasteiger charge is 2.11. The van der Waals surface area contributed by atoms with Crippen LogP contribution in [0, 0.1) is 0 Å². The molecular formula is C16H13Cl3N2O2. The minimum Gasteiger partial charge on any atom is -0.326 e. The topological polar surface area (TPSA) is 58.2 Å². The van der Waals surface area contributed by atoms with Gasteiger partial charge in [0.2, 0.25) is 5.91 Å². The van der Waals surface area contributed by atoms with Crippen LogP contribution in [-0.2, 0) is 4.79 Å². The number of halogens is 3. The van der Waals surface area contributed by atoms with Gasteiger partial charge in [0, 0.05) is 27.7 Å². The third-order valence-corrected chi connectivity index (χ3v) is 3.71. The largest absolute Gasteiger partial charge is 0.326 e. The van der Waals surface area contributed by atoms with E-state index in [1.165, 1.54) is 18.2 Å². The fourth-order valence-electron chi connectivity index (χ4n) is 1.83. The van der Waals surface area contributed by atoms with Crippen molar-refractivity contribution in [2.45, 2.75) is 13.3 Å². The number of benzene rings is 2. The van der Waals surface area contributed by atoms with Gasteiger partial charge in [0.15, 0.2) is 0 Å². The number of amides is 2. The van der Waals surface area contributed by atoms with Crippen molar-refractivity contribution in [2.24, 2.45) is 0 Å². The molecule has 0 aliphatic rings. The molecule has 0 bridgehead atoms. The van der Waals surface area contributed by atoms with Crippen LogP contribution in [0.25, 0.3) is 0 Å². The smallest absolute Gasteiger partial charge is 0.255 e. The van der Waals surface area contributed by atoms with Crippen molar-refractivity contribution < 1.29 is 9.59 Å². The van der Waals surface area contributed by atoms with E-state index in [0.29, 0.717) is 38.4 Å². The molecule has 120 valence electrons. The molecule has 0 saturated carbocycles. The fraction of sp³-hybridized carbons (Fsp3) is 0.125. The second-order valence-electron chi connectivity index (χ2n) is 4.71. The SMILES string of the molecule is CCC(=O)Nc1ccc(Cl)c(NC(=O)c2cc(Cl)cc(Cl)c2)c1. The quantitative estimate of drug-likeness (QED) is 0.771. The number of hydrogen-bond donors (Lipinski definition) is 2. The maximum Gasteiger partial charge on any atom is 0.255 e. The monoisotopic (exact) mass is 370 g/mol. The zero-order valence-electron chi connectivity index (χ0n) is 12.1. The Bertz CT molecular complexity index is 743. The summed E-state index contributed by atoms with van der Waals surface area (Å²) in [4.78, 5) is 23.7. The van der Waals surface area contributed by atoms with E-state index in [1.54, 1.807) is 25.1 Å². The van der Waals surface area contributed by atoms with E-state index in [1.807, 2.05) is 0 Å². The number of carbonyl (C=O) groups excluding carboxylic acids is 2. The standard InChI is InChI=1S/C16H13Cl3N2O2/c1-2-15(22)20-12-3-4-13(19)14(8-12)21-16(23)9-5-10(17)7-11(18)6-9/h3-8H,2H2,1H3,(H,20,22)(H,21,23). The van der Waals surface area contributed by atoms with Gasteiger partial charge in [-0.3, -0.25) is 9.59 Å². The number of anilines is 2. The molecule has 23 heavy (non-hydrogen) atoms. The molecule has 0 aromatic heterocycles. The number of nitrogens with one attached hydrogen (secondary N) is 2. The predicted octanol–water partition coefficient (Wildman–Crippen LogP) is 5.25. The molecule has 0 radical (unpaired) electrons. The van der Waals surface area contributed by atoms with Gasteiger partial charge in [0.25, 0.3) is 5.91 Å². The maximum absolute atomic E-state index is 12.3. The molecule has 2 aromatic rings. The van der Waals surface area contributed by atoms with Gasteiger partial charge in [-0.1, -0.05) is 41.7 Å². The normalized spacial score (nSPS) is 10.3. The number of hydrogen-bond acceptors (Lipinski definition) is 2. The summed E-state index contributed by atoms with van der Waals surface area (Å²) in [6, 6.07) is 9.36. The maximum atomic E-state index is 12.3. The summed E-state index contributed by atoms with van der Waals surface area (Å²) >= 11 is 17.9. The third-order valence-electron chi connectivity index (χ3n) is 2.94. The minimum absolute atomic E-state index is 0.133. The molecule has 2 amide bonds. The molecule has 7 heteroatoms. The van der Waals surface area contributed by atoms with Gasteiger partial charge in [0.05, 0.1) is 10.7 Å². The second-order valence-corrected chi connectivity index (χ2v) is 5.99. The van der Waals surface area contributed by atoms with E-state index in [4.69, 9.17) is 34.8 Å². The molecule has 0 heterocycles. The molecule has 2 N–H and O–H groups in total. The lowest BCUT2D eigenvalue weighted by Gasteiger charge is -2.11. The lowest BCUT2D eigenvalue weighted by Crippen LogP contribution is -2.13. The average molecular weight is 372 g/mol. The van der Waals surface area contributed by atoms with Crippen molar-refractivity contribution in [3.63, 3.8) is 0 Å². The highest BCUT2D eigenvalue weighted by Crippen LogP contribution is 2.27. The van der Waals surface area contributed by atoms with Crippen molar-refractivity contribution >= 4 is 58.0 Å². The van der Waals surface area contributed by atoms with Crippen molar-refractivity contribution in [1.82, 2.24) is 0 Å². The lowest BCUT2D eigenvalue weighted by atomic mass is 10.2. The van der Waals surface area contributed by atoms with E-state index in [9.17, 15) is 9.59 Å². The van der Waals surface area contributed by atoms with Crippen molar-refractivity contribution in [1.29, 1.82) is 0 Å². The fourth-order valence-corrected chi connectivity index (χ4v) is 2.52. The van der Waals surface area contributed by atoms with Crippen LogP contribution in [0.2, 0.25) is 15.1 Å². The number of carbonyl (C=O) groups is 2. The van der Waals surface area contributed by atoms with Gasteiger partial charge in [-0.25, -0.2) is 0 Å². The Labute approximate surface area is 148 Å². The van der Waals surface area contributed by atoms with Crippen LogP contribution in [0.4, 0.5) is 11.4 Å². The van der Waals surface area contributed by atoms with Crippen molar-refractivity contribution in [3.8, 4) is 0 Å². The third kappa shape index (κ3) is 4.86. The van der Waals surface area contributed by atoms with E-state index in [0.717, 1.165) is 0 Å². The molecule has 0 atom stereocenters. The van der Waals surface area contributed by atoms with Crippen LogP contribution in [0.15, 0.2) is 36.4 Å². The summed E-state index contributed by atoms with van der Waals surface area (Å²) in [7, 11) is 0. The molecule has 0 saturated heterocycles. The van der Waals surface area contributed by atoms with E-state index < -0.39 is 5.91 Å². The lowest BCUT2D eigenvalue weighted by molar-refractivity contribution is -0.115. The predicted molar refractivity (Wildman–Crippen MR) is 94.8 cm³/mol. The van der Waals surface area contributed by atoms with Crippen LogP contribution in [0.1, 0.15) is 23.7 Å². The first-order chi connectivity index (χ1) is 10.9.